The summed E-state index contributed by atoms with van der Waals surface area (Å²) >= 11 is 1.19. The molecule has 0 heterocycles. The number of rotatable bonds is 4. The number of amides is 1. The van der Waals surface area contributed by atoms with E-state index in [4.69, 9.17) is 0 Å². The fourth-order valence-electron chi connectivity index (χ4n) is 0.359. The summed E-state index contributed by atoms with van der Waals surface area (Å²) in [5.41, 5.74) is 1.66. The van der Waals surface area contributed by atoms with Crippen molar-refractivity contribution < 1.29 is 22.8 Å². The molecule has 0 aromatic rings. The minimum absolute atomic E-state index is 0.0812. The van der Waals surface area contributed by atoms with Crippen LogP contribution < -0.4 is 5.48 Å². The van der Waals surface area contributed by atoms with Gasteiger partial charge >= 0.3 is 6.18 Å². The zero-order chi connectivity index (χ0) is 9.61. The van der Waals surface area contributed by atoms with Crippen molar-refractivity contribution in [2.45, 2.75) is 6.18 Å². The lowest BCUT2D eigenvalue weighted by Crippen LogP contribution is -2.30. The number of alkyl halides is 3. The van der Waals surface area contributed by atoms with Gasteiger partial charge in [-0.2, -0.15) is 24.9 Å². The SMILES string of the molecule is CSCC(=O)NOCC(F)(F)F. The van der Waals surface area contributed by atoms with E-state index in [0.717, 1.165) is 0 Å². The number of thioether (sulfide) groups is 1. The summed E-state index contributed by atoms with van der Waals surface area (Å²) in [5.74, 6) is -0.496. The van der Waals surface area contributed by atoms with E-state index >= 15 is 0 Å². The molecule has 0 aliphatic carbocycles. The van der Waals surface area contributed by atoms with Gasteiger partial charge in [0.15, 0.2) is 6.61 Å². The van der Waals surface area contributed by atoms with Crippen LogP contribution in [0.2, 0.25) is 0 Å². The van der Waals surface area contributed by atoms with Crippen molar-refractivity contribution in [2.75, 3.05) is 18.6 Å². The number of carbonyl (C=O) groups excluding carboxylic acids is 1. The second-order valence-corrected chi connectivity index (χ2v) is 2.73. The lowest BCUT2D eigenvalue weighted by molar-refractivity contribution is -0.191. The highest BCUT2D eigenvalue weighted by Crippen LogP contribution is 2.13. The van der Waals surface area contributed by atoms with E-state index in [1.807, 2.05) is 0 Å². The summed E-state index contributed by atoms with van der Waals surface area (Å²) in [6.07, 6.45) is -2.75. The largest absolute Gasteiger partial charge is 0.414 e. The summed E-state index contributed by atoms with van der Waals surface area (Å²) < 4.78 is 34.2. The van der Waals surface area contributed by atoms with Crippen molar-refractivity contribution >= 4 is 17.7 Å². The molecule has 1 amide bonds. The first-order valence-corrected chi connectivity index (χ1v) is 4.31. The van der Waals surface area contributed by atoms with Gasteiger partial charge in [-0.3, -0.25) is 9.63 Å². The van der Waals surface area contributed by atoms with Gasteiger partial charge in [0.2, 0.25) is 0 Å². The van der Waals surface area contributed by atoms with E-state index in [1.165, 1.54) is 11.8 Å². The average molecular weight is 203 g/mol. The molecule has 7 heteroatoms. The maximum Gasteiger partial charge on any atom is 0.414 e. The lowest BCUT2D eigenvalue weighted by Gasteiger charge is -2.07. The number of halogens is 3. The molecule has 0 saturated carbocycles. The molecule has 0 unspecified atom stereocenters. The molecule has 0 atom stereocenters. The highest BCUT2D eigenvalue weighted by molar-refractivity contribution is 7.99. The van der Waals surface area contributed by atoms with Gasteiger partial charge in [-0.25, -0.2) is 5.48 Å². The second kappa shape index (κ2) is 5.26. The minimum atomic E-state index is -4.41. The van der Waals surface area contributed by atoms with Gasteiger partial charge in [0.1, 0.15) is 0 Å². The zero-order valence-electron chi connectivity index (χ0n) is 6.27. The average Bonchev–Trinajstić information content (AvgIpc) is 1.84. The van der Waals surface area contributed by atoms with Crippen LogP contribution in [0.15, 0.2) is 0 Å². The van der Waals surface area contributed by atoms with E-state index in [0.29, 0.717) is 0 Å². The number of nitrogens with one attached hydrogen (secondary N) is 1. The molecule has 0 fully saturated rings. The fraction of sp³-hybridized carbons (Fsp3) is 0.800. The first-order valence-electron chi connectivity index (χ1n) is 2.92. The Kier molecular flexibility index (Phi) is 5.07. The third kappa shape index (κ3) is 7.67. The molecule has 1 N–H and O–H groups in total. The highest BCUT2D eigenvalue weighted by Gasteiger charge is 2.28. The maximum absolute atomic E-state index is 11.4. The van der Waals surface area contributed by atoms with Gasteiger partial charge in [-0.05, 0) is 6.26 Å². The van der Waals surface area contributed by atoms with E-state index in [1.54, 1.807) is 11.7 Å². The van der Waals surface area contributed by atoms with E-state index in [2.05, 4.69) is 4.84 Å². The highest BCUT2D eigenvalue weighted by atomic mass is 32.2. The molecule has 0 aliphatic heterocycles. The first-order chi connectivity index (χ1) is 5.45. The Hall–Kier alpha value is -0.430. The molecule has 0 radical (unpaired) electrons. The molecule has 0 bridgehead atoms. The monoisotopic (exact) mass is 203 g/mol. The van der Waals surface area contributed by atoms with Crippen molar-refractivity contribution in [2.24, 2.45) is 0 Å². The molecule has 0 aromatic carbocycles. The Balaban J connectivity index is 3.37. The molecule has 0 saturated heterocycles. The van der Waals surface area contributed by atoms with Crippen LogP contribution in [0.1, 0.15) is 0 Å². The van der Waals surface area contributed by atoms with Crippen LogP contribution in [0.25, 0.3) is 0 Å². The number of hydroxylamine groups is 1. The van der Waals surface area contributed by atoms with Crippen LogP contribution in [-0.4, -0.2) is 30.7 Å². The zero-order valence-corrected chi connectivity index (χ0v) is 7.09. The van der Waals surface area contributed by atoms with Crippen molar-refractivity contribution in [3.63, 3.8) is 0 Å². The minimum Gasteiger partial charge on any atom is -0.272 e. The van der Waals surface area contributed by atoms with Crippen molar-refractivity contribution in [1.29, 1.82) is 0 Å². The quantitative estimate of drug-likeness (QED) is 0.691. The predicted octanol–water partition coefficient (Wildman–Crippen LogP) is 0.960. The maximum atomic E-state index is 11.4. The molecule has 0 spiro atoms. The Bertz CT molecular complexity index is 150. The van der Waals surface area contributed by atoms with Crippen molar-refractivity contribution in [3.8, 4) is 0 Å². The number of carbonyl (C=O) groups is 1. The molecule has 12 heavy (non-hydrogen) atoms. The molecule has 0 aromatic heterocycles. The predicted molar refractivity (Wildman–Crippen MR) is 38.5 cm³/mol. The van der Waals surface area contributed by atoms with Gasteiger partial charge in [-0.1, -0.05) is 0 Å². The number of hydrogen-bond donors (Lipinski definition) is 1. The Morgan fingerprint density at radius 2 is 2.17 bits per heavy atom. The third-order valence-corrected chi connectivity index (χ3v) is 1.25. The summed E-state index contributed by atoms with van der Waals surface area (Å²) in [6, 6.07) is 0. The van der Waals surface area contributed by atoms with Gasteiger partial charge in [0, 0.05) is 0 Å². The molecule has 0 rings (SSSR count). The first kappa shape index (κ1) is 11.6. The van der Waals surface area contributed by atoms with E-state index in [-0.39, 0.29) is 5.75 Å². The molecule has 0 aliphatic rings. The molecular formula is C5H8F3NO2S. The van der Waals surface area contributed by atoms with Crippen LogP contribution in [0.4, 0.5) is 13.2 Å². The van der Waals surface area contributed by atoms with Gasteiger partial charge in [0.05, 0.1) is 5.75 Å². The summed E-state index contributed by atoms with van der Waals surface area (Å²) in [5, 5.41) is 0. The molecular weight excluding hydrogens is 195 g/mol. The van der Waals surface area contributed by atoms with E-state index < -0.39 is 18.7 Å². The van der Waals surface area contributed by atoms with Crippen LogP contribution in [0.3, 0.4) is 0 Å². The van der Waals surface area contributed by atoms with Crippen molar-refractivity contribution in [1.82, 2.24) is 5.48 Å². The Morgan fingerprint density at radius 3 is 2.58 bits per heavy atom. The smallest absolute Gasteiger partial charge is 0.272 e. The van der Waals surface area contributed by atoms with Crippen LogP contribution in [0.5, 0.6) is 0 Å². The molecule has 3 nitrogen and oxygen atoms in total. The lowest BCUT2D eigenvalue weighted by atomic mass is 10.7. The number of hydrogen-bond acceptors (Lipinski definition) is 3. The fourth-order valence-corrected chi connectivity index (χ4v) is 0.680. The van der Waals surface area contributed by atoms with Gasteiger partial charge in [0.25, 0.3) is 5.91 Å². The summed E-state index contributed by atoms with van der Waals surface area (Å²) in [4.78, 5) is 14.4. The Labute approximate surface area is 71.6 Å². The standard InChI is InChI=1S/C5H8F3NO2S/c1-12-2-4(10)9-11-3-5(6,7)8/h2-3H2,1H3,(H,9,10). The van der Waals surface area contributed by atoms with Crippen LogP contribution >= 0.6 is 11.8 Å². The second-order valence-electron chi connectivity index (χ2n) is 1.86. The normalized spacial score (nSPS) is 11.3. The Morgan fingerprint density at radius 1 is 1.58 bits per heavy atom. The van der Waals surface area contributed by atoms with E-state index in [9.17, 15) is 18.0 Å². The topological polar surface area (TPSA) is 38.3 Å². The van der Waals surface area contributed by atoms with Crippen LogP contribution in [0, 0.1) is 0 Å². The summed E-state index contributed by atoms with van der Waals surface area (Å²) in [6.45, 7) is -1.47. The van der Waals surface area contributed by atoms with Crippen LogP contribution in [-0.2, 0) is 9.63 Å². The third-order valence-electron chi connectivity index (χ3n) is 0.697. The van der Waals surface area contributed by atoms with Gasteiger partial charge < -0.3 is 0 Å². The summed E-state index contributed by atoms with van der Waals surface area (Å²) in [7, 11) is 0. The van der Waals surface area contributed by atoms with Gasteiger partial charge in [-0.15, -0.1) is 0 Å². The van der Waals surface area contributed by atoms with Crippen molar-refractivity contribution in [3.05, 3.63) is 0 Å². The molecule has 72 valence electrons.